The molecule has 5 heteroatoms. The summed E-state index contributed by atoms with van der Waals surface area (Å²) in [4.78, 5) is 22.2. The molecule has 5 nitrogen and oxygen atoms in total. The van der Waals surface area contributed by atoms with Crippen LogP contribution in [0.5, 0.6) is 0 Å². The molecule has 0 bridgehead atoms. The summed E-state index contributed by atoms with van der Waals surface area (Å²) in [6, 6.07) is 85.2. The molecule has 1 aliphatic heterocycles. The number of benzene rings is 8. The molecule has 0 unspecified atom stereocenters. The van der Waals surface area contributed by atoms with Gasteiger partial charge in [-0.1, -0.05) is 164 Å². The summed E-state index contributed by atoms with van der Waals surface area (Å²) in [5.74, 6) is 0. The van der Waals surface area contributed by atoms with Crippen LogP contribution >= 0.6 is 0 Å². The Morgan fingerprint density at radius 2 is 0.914 bits per heavy atom. The molecular formula is C65H41N5. The normalized spacial score (nSPS) is 12.9. The van der Waals surface area contributed by atoms with E-state index in [0.717, 1.165) is 89.6 Å². The minimum absolute atomic E-state index is 0.661. The zero-order valence-electron chi connectivity index (χ0n) is 37.9. The van der Waals surface area contributed by atoms with Crippen molar-refractivity contribution in [1.29, 1.82) is 0 Å². The summed E-state index contributed by atoms with van der Waals surface area (Å²) in [6.07, 6.45) is 3.62. The Balaban J connectivity index is 1.01. The molecule has 0 saturated carbocycles. The summed E-state index contributed by atoms with van der Waals surface area (Å²) in [5, 5.41) is 3.52. The Kier molecular flexibility index (Phi) is 9.04. The van der Waals surface area contributed by atoms with Gasteiger partial charge in [-0.25, -0.2) is 9.97 Å². The predicted octanol–water partition coefficient (Wildman–Crippen LogP) is 16.1. The number of hydrogen-bond acceptors (Lipinski definition) is 5. The molecule has 0 amide bonds. The molecule has 0 fully saturated rings. The molecule has 70 heavy (non-hydrogen) atoms. The van der Waals surface area contributed by atoms with Gasteiger partial charge in [0.25, 0.3) is 0 Å². The van der Waals surface area contributed by atoms with Gasteiger partial charge in [-0.3, -0.25) is 9.97 Å². The van der Waals surface area contributed by atoms with Crippen molar-refractivity contribution >= 4 is 38.7 Å². The van der Waals surface area contributed by atoms with E-state index in [0.29, 0.717) is 0 Å². The number of pyridine rings is 4. The summed E-state index contributed by atoms with van der Waals surface area (Å²) in [5.41, 5.74) is 21.0. The third kappa shape index (κ3) is 6.05. The Morgan fingerprint density at radius 3 is 1.57 bits per heavy atom. The van der Waals surface area contributed by atoms with Gasteiger partial charge in [-0.15, -0.1) is 0 Å². The van der Waals surface area contributed by atoms with Crippen LogP contribution in [0.3, 0.4) is 0 Å². The first-order valence-electron chi connectivity index (χ1n) is 23.8. The molecule has 2 aliphatic rings. The van der Waals surface area contributed by atoms with Crippen LogP contribution in [0.4, 0.5) is 17.1 Å². The maximum absolute atomic E-state index is 5.38. The second-order valence-corrected chi connectivity index (χ2v) is 18.1. The quantitative estimate of drug-likeness (QED) is 0.156. The molecule has 4 aromatic heterocycles. The highest BCUT2D eigenvalue weighted by Gasteiger charge is 2.52. The number of anilines is 3. The van der Waals surface area contributed by atoms with Gasteiger partial charge in [0.15, 0.2) is 0 Å². The van der Waals surface area contributed by atoms with Crippen molar-refractivity contribution in [2.75, 3.05) is 4.90 Å². The molecular weight excluding hydrogens is 851 g/mol. The SMILES string of the molecule is c1ccc(-c2nc3ccccc3c3c4c(ccc23)C2(c3cc(-c5ccc(-c6cc(-c7ccccn7)nc(-c7ccccn7)c6)cc5)ccc3-4)c3ccccc3N(c3ccccc3)c3ccccc32)cc1. The average molecular weight is 892 g/mol. The first-order valence-corrected chi connectivity index (χ1v) is 23.8. The number of para-hydroxylation sites is 4. The van der Waals surface area contributed by atoms with Gasteiger partial charge in [0.05, 0.1) is 50.8 Å². The Hall–Kier alpha value is -9.32. The molecule has 0 atom stereocenters. The van der Waals surface area contributed by atoms with E-state index in [9.17, 15) is 0 Å². The third-order valence-corrected chi connectivity index (χ3v) is 14.4. The lowest BCUT2D eigenvalue weighted by Crippen LogP contribution is -2.36. The van der Waals surface area contributed by atoms with Gasteiger partial charge < -0.3 is 4.90 Å². The molecule has 1 spiro atoms. The zero-order chi connectivity index (χ0) is 46.2. The van der Waals surface area contributed by atoms with Gasteiger partial charge in [-0.2, -0.15) is 0 Å². The lowest BCUT2D eigenvalue weighted by Gasteiger charge is -2.45. The topological polar surface area (TPSA) is 54.8 Å². The molecule has 14 rings (SSSR count). The smallest absolute Gasteiger partial charge is 0.0900 e. The highest BCUT2D eigenvalue weighted by molar-refractivity contribution is 6.20. The van der Waals surface area contributed by atoms with Crippen LogP contribution in [-0.4, -0.2) is 19.9 Å². The van der Waals surface area contributed by atoms with E-state index >= 15 is 0 Å². The van der Waals surface area contributed by atoms with E-state index in [4.69, 9.17) is 9.97 Å². The van der Waals surface area contributed by atoms with E-state index in [1.165, 1.54) is 38.8 Å². The summed E-state index contributed by atoms with van der Waals surface area (Å²) >= 11 is 0. The van der Waals surface area contributed by atoms with E-state index in [2.05, 4.69) is 215 Å². The van der Waals surface area contributed by atoms with E-state index < -0.39 is 5.41 Å². The molecule has 8 aromatic carbocycles. The number of rotatable bonds is 6. The van der Waals surface area contributed by atoms with E-state index in [1.54, 1.807) is 0 Å². The lowest BCUT2D eigenvalue weighted by atomic mass is 9.64. The Morgan fingerprint density at radius 1 is 0.343 bits per heavy atom. The van der Waals surface area contributed by atoms with Crippen LogP contribution in [0.2, 0.25) is 0 Å². The van der Waals surface area contributed by atoms with Crippen LogP contribution in [0.1, 0.15) is 22.3 Å². The van der Waals surface area contributed by atoms with Gasteiger partial charge in [0.2, 0.25) is 0 Å². The first-order chi connectivity index (χ1) is 34.7. The fourth-order valence-corrected chi connectivity index (χ4v) is 11.4. The second-order valence-electron chi connectivity index (χ2n) is 18.1. The van der Waals surface area contributed by atoms with Crippen molar-refractivity contribution in [2.45, 2.75) is 5.41 Å². The van der Waals surface area contributed by atoms with E-state index in [1.807, 2.05) is 48.8 Å². The Bertz CT molecular complexity index is 3880. The van der Waals surface area contributed by atoms with Crippen LogP contribution in [0, 0.1) is 0 Å². The number of aromatic nitrogens is 4. The van der Waals surface area contributed by atoms with Crippen LogP contribution in [0.15, 0.2) is 249 Å². The average Bonchev–Trinajstić information content (AvgIpc) is 3.74. The second kappa shape index (κ2) is 15.9. The molecule has 1 aliphatic carbocycles. The van der Waals surface area contributed by atoms with Gasteiger partial charge in [0.1, 0.15) is 0 Å². The minimum atomic E-state index is -0.661. The summed E-state index contributed by atoms with van der Waals surface area (Å²) in [6.45, 7) is 0. The number of nitrogens with zero attached hydrogens (tertiary/aromatic N) is 5. The van der Waals surface area contributed by atoms with Crippen LogP contribution < -0.4 is 4.90 Å². The zero-order valence-corrected chi connectivity index (χ0v) is 37.9. The fraction of sp³-hybridized carbons (Fsp3) is 0.0154. The summed E-state index contributed by atoms with van der Waals surface area (Å²) in [7, 11) is 0. The molecule has 5 heterocycles. The molecule has 326 valence electrons. The highest BCUT2D eigenvalue weighted by Crippen LogP contribution is 2.65. The third-order valence-electron chi connectivity index (χ3n) is 14.4. The molecule has 0 N–H and O–H groups in total. The largest absolute Gasteiger partial charge is 0.310 e. The van der Waals surface area contributed by atoms with Crippen LogP contribution in [-0.2, 0) is 5.41 Å². The number of hydrogen-bond donors (Lipinski definition) is 0. The Labute approximate surface area is 405 Å². The monoisotopic (exact) mass is 891 g/mol. The van der Waals surface area contributed by atoms with Crippen molar-refractivity contribution in [1.82, 2.24) is 19.9 Å². The maximum atomic E-state index is 5.38. The van der Waals surface area contributed by atoms with Crippen molar-refractivity contribution in [3.05, 3.63) is 271 Å². The van der Waals surface area contributed by atoms with Crippen molar-refractivity contribution < 1.29 is 0 Å². The fourth-order valence-electron chi connectivity index (χ4n) is 11.4. The lowest BCUT2D eigenvalue weighted by molar-refractivity contribution is 0.753. The number of fused-ring (bicyclic) bond motifs is 13. The standard InChI is InChI=1S/C65H41N5/c1-3-17-44(18-4-1)64-50-35-36-53-63(62(50)49-21-7-10-24-55(49)69-64)48-34-33-45(39-54(48)65(53)51-22-8-11-27-60(51)70(47-19-5-2-6-20-47)61-28-12-9-23-52(61)65)42-29-31-43(32-30-42)46-40-58(56-25-13-15-37-66-56)68-59(41-46)57-26-14-16-38-67-57/h1-41H. The van der Waals surface area contributed by atoms with Gasteiger partial charge in [0, 0.05) is 39.8 Å². The highest BCUT2D eigenvalue weighted by atomic mass is 15.2. The van der Waals surface area contributed by atoms with Gasteiger partial charge in [-0.05, 0) is 128 Å². The van der Waals surface area contributed by atoms with Crippen molar-refractivity contribution in [3.8, 4) is 67.4 Å². The maximum Gasteiger partial charge on any atom is 0.0900 e. The molecule has 0 radical (unpaired) electrons. The van der Waals surface area contributed by atoms with Crippen LogP contribution in [0.25, 0.3) is 89.1 Å². The predicted molar refractivity (Wildman–Crippen MR) is 285 cm³/mol. The van der Waals surface area contributed by atoms with Gasteiger partial charge >= 0.3 is 0 Å². The van der Waals surface area contributed by atoms with Crippen molar-refractivity contribution in [2.24, 2.45) is 0 Å². The molecule has 0 saturated heterocycles. The molecule has 12 aromatic rings. The van der Waals surface area contributed by atoms with Crippen molar-refractivity contribution in [3.63, 3.8) is 0 Å². The first kappa shape index (κ1) is 39.8. The van der Waals surface area contributed by atoms with E-state index in [-0.39, 0.29) is 0 Å². The summed E-state index contributed by atoms with van der Waals surface area (Å²) < 4.78 is 0. The minimum Gasteiger partial charge on any atom is -0.310 e.